The Hall–Kier alpha value is -2.67. The Kier molecular flexibility index (Phi) is 2.80. The molecular weight excluding hydrogens is 262 g/mol. The zero-order valence-electron chi connectivity index (χ0n) is 12.1. The largest absolute Gasteiger partial charge is 0.506 e. The molecule has 0 aliphatic carbocycles. The van der Waals surface area contributed by atoms with Crippen molar-refractivity contribution in [1.82, 2.24) is 0 Å². The lowest BCUT2D eigenvalue weighted by atomic mass is 9.84. The van der Waals surface area contributed by atoms with E-state index in [9.17, 15) is 10.4 Å². The van der Waals surface area contributed by atoms with Crippen LogP contribution in [0.15, 0.2) is 36.4 Å². The van der Waals surface area contributed by atoms with Crippen molar-refractivity contribution in [3.63, 3.8) is 0 Å². The smallest absolute Gasteiger partial charge is 0.139 e. The molecule has 106 valence electrons. The van der Waals surface area contributed by atoms with E-state index >= 15 is 0 Å². The lowest BCUT2D eigenvalue weighted by Crippen LogP contribution is -2.25. The van der Waals surface area contributed by atoms with E-state index in [0.717, 1.165) is 11.3 Å². The number of para-hydroxylation sites is 2. The first-order valence-electron chi connectivity index (χ1n) is 6.84. The molecule has 0 aromatic heterocycles. The van der Waals surface area contributed by atoms with E-state index in [2.05, 4.69) is 19.9 Å². The van der Waals surface area contributed by atoms with E-state index in [1.165, 1.54) is 0 Å². The Morgan fingerprint density at radius 1 is 1.24 bits per heavy atom. The molecule has 0 bridgehead atoms. The number of hydrogen-bond donors (Lipinski definition) is 2. The van der Waals surface area contributed by atoms with Gasteiger partial charge in [0.25, 0.3) is 0 Å². The lowest BCUT2D eigenvalue weighted by molar-refractivity contribution is 0.476. The zero-order valence-corrected chi connectivity index (χ0v) is 12.1. The molecule has 3 rings (SSSR count). The summed E-state index contributed by atoms with van der Waals surface area (Å²) in [6, 6.07) is 13.0. The normalized spacial score (nSPS) is 15.6. The molecule has 21 heavy (non-hydrogen) atoms. The van der Waals surface area contributed by atoms with Gasteiger partial charge >= 0.3 is 0 Å². The minimum absolute atomic E-state index is 0.179. The Labute approximate surface area is 124 Å². The fourth-order valence-electron chi connectivity index (χ4n) is 3.12. The van der Waals surface area contributed by atoms with Crippen LogP contribution in [0.2, 0.25) is 0 Å². The second-order valence-corrected chi connectivity index (χ2v) is 6.00. The highest BCUT2D eigenvalue weighted by molar-refractivity contribution is 5.84. The highest BCUT2D eigenvalue weighted by atomic mass is 16.3. The van der Waals surface area contributed by atoms with Gasteiger partial charge in [0.15, 0.2) is 0 Å². The second kappa shape index (κ2) is 4.42. The third kappa shape index (κ3) is 1.90. The maximum atomic E-state index is 10.3. The van der Waals surface area contributed by atoms with Gasteiger partial charge in [-0.2, -0.15) is 5.26 Å². The number of benzene rings is 2. The topological polar surface area (TPSA) is 73.3 Å². The van der Waals surface area contributed by atoms with Crippen molar-refractivity contribution in [3.8, 4) is 11.8 Å². The first kappa shape index (κ1) is 13.3. The van der Waals surface area contributed by atoms with Gasteiger partial charge in [0.1, 0.15) is 5.75 Å². The van der Waals surface area contributed by atoms with E-state index in [0.29, 0.717) is 23.5 Å². The molecule has 0 saturated carbocycles. The van der Waals surface area contributed by atoms with E-state index in [1.807, 2.05) is 29.2 Å². The van der Waals surface area contributed by atoms with Crippen molar-refractivity contribution in [2.24, 2.45) is 0 Å². The number of rotatable bonds is 1. The average molecular weight is 279 g/mol. The monoisotopic (exact) mass is 279 g/mol. The van der Waals surface area contributed by atoms with Gasteiger partial charge in [-0.05, 0) is 24.3 Å². The average Bonchev–Trinajstić information content (AvgIpc) is 2.73. The highest BCUT2D eigenvalue weighted by Gasteiger charge is 2.40. The number of hydrogen-bond acceptors (Lipinski definition) is 4. The summed E-state index contributed by atoms with van der Waals surface area (Å²) in [6.45, 7) is 4.82. The van der Waals surface area contributed by atoms with Crippen molar-refractivity contribution in [3.05, 3.63) is 47.5 Å². The van der Waals surface area contributed by atoms with Gasteiger partial charge in [0, 0.05) is 17.5 Å². The Morgan fingerprint density at radius 3 is 2.62 bits per heavy atom. The molecule has 1 aliphatic heterocycles. The molecular formula is C17H17N3O. The second-order valence-electron chi connectivity index (χ2n) is 6.00. The molecule has 0 spiro atoms. The summed E-state index contributed by atoms with van der Waals surface area (Å²) < 4.78 is 0. The van der Waals surface area contributed by atoms with Crippen LogP contribution in [-0.2, 0) is 5.41 Å². The van der Waals surface area contributed by atoms with Crippen LogP contribution in [0.1, 0.15) is 25.0 Å². The first-order valence-corrected chi connectivity index (χ1v) is 6.84. The quantitative estimate of drug-likeness (QED) is 0.786. The Morgan fingerprint density at radius 2 is 1.95 bits per heavy atom. The maximum absolute atomic E-state index is 10.3. The number of aromatic hydroxyl groups is 1. The zero-order chi connectivity index (χ0) is 15.2. The van der Waals surface area contributed by atoms with Crippen molar-refractivity contribution < 1.29 is 5.11 Å². The fraction of sp³-hybridized carbons (Fsp3) is 0.235. The molecule has 0 fully saturated rings. The number of nitrogens with zero attached hydrogens (tertiary/aromatic N) is 2. The number of phenolic OH excluding ortho intramolecular Hbond substituents is 1. The summed E-state index contributed by atoms with van der Waals surface area (Å²) in [6.07, 6.45) is 0. The van der Waals surface area contributed by atoms with E-state index in [1.54, 1.807) is 12.1 Å². The van der Waals surface area contributed by atoms with Crippen molar-refractivity contribution >= 4 is 17.1 Å². The standard InChI is InChI=1S/C17H17N3O/c1-17(2)10-20(13-6-4-3-5-12(13)19)16-14(21)8-7-11(9-18)15(16)17/h3-8,21H,10,19H2,1-2H3. The van der Waals surface area contributed by atoms with Crippen LogP contribution >= 0.6 is 0 Å². The van der Waals surface area contributed by atoms with Gasteiger partial charge in [0.05, 0.1) is 28.7 Å². The van der Waals surface area contributed by atoms with Crippen LogP contribution in [0, 0.1) is 11.3 Å². The summed E-state index contributed by atoms with van der Waals surface area (Å²) in [7, 11) is 0. The molecule has 2 aromatic carbocycles. The summed E-state index contributed by atoms with van der Waals surface area (Å²) in [5.41, 5.74) is 9.53. The third-order valence-electron chi connectivity index (χ3n) is 4.00. The van der Waals surface area contributed by atoms with Crippen molar-refractivity contribution in [1.29, 1.82) is 5.26 Å². The maximum Gasteiger partial charge on any atom is 0.139 e. The van der Waals surface area contributed by atoms with E-state index in [-0.39, 0.29) is 11.2 Å². The lowest BCUT2D eigenvalue weighted by Gasteiger charge is -2.24. The molecule has 1 aliphatic rings. The summed E-state index contributed by atoms with van der Waals surface area (Å²) >= 11 is 0. The van der Waals surface area contributed by atoms with E-state index < -0.39 is 0 Å². The SMILES string of the molecule is CC1(C)CN(c2ccccc2N)c2c(O)ccc(C#N)c21. The summed E-state index contributed by atoms with van der Waals surface area (Å²) in [5.74, 6) is 0.179. The number of fused-ring (bicyclic) bond motifs is 1. The minimum atomic E-state index is -0.235. The minimum Gasteiger partial charge on any atom is -0.506 e. The molecule has 0 unspecified atom stereocenters. The number of nitriles is 1. The molecule has 0 radical (unpaired) electrons. The number of phenols is 1. The van der Waals surface area contributed by atoms with Gasteiger partial charge in [-0.1, -0.05) is 26.0 Å². The molecule has 4 nitrogen and oxygen atoms in total. The van der Waals surface area contributed by atoms with Crippen LogP contribution in [0.3, 0.4) is 0 Å². The van der Waals surface area contributed by atoms with Crippen LogP contribution < -0.4 is 10.6 Å². The Bertz CT molecular complexity index is 759. The molecule has 3 N–H and O–H groups in total. The summed E-state index contributed by atoms with van der Waals surface area (Å²) in [5, 5.41) is 19.7. The highest BCUT2D eigenvalue weighted by Crippen LogP contribution is 2.50. The molecule has 1 heterocycles. The number of nitrogen functional groups attached to an aromatic ring is 1. The van der Waals surface area contributed by atoms with Gasteiger partial charge in [-0.15, -0.1) is 0 Å². The molecule has 0 amide bonds. The Balaban J connectivity index is 2.28. The molecule has 0 atom stereocenters. The molecule has 4 heteroatoms. The van der Waals surface area contributed by atoms with Crippen LogP contribution in [0.25, 0.3) is 0 Å². The predicted molar refractivity (Wildman–Crippen MR) is 83.7 cm³/mol. The fourth-order valence-corrected chi connectivity index (χ4v) is 3.12. The van der Waals surface area contributed by atoms with Crippen LogP contribution in [0.4, 0.5) is 17.1 Å². The van der Waals surface area contributed by atoms with Gasteiger partial charge in [0.2, 0.25) is 0 Å². The molecule has 2 aromatic rings. The first-order chi connectivity index (χ1) is 9.95. The number of anilines is 3. The van der Waals surface area contributed by atoms with E-state index in [4.69, 9.17) is 5.73 Å². The van der Waals surface area contributed by atoms with Gasteiger partial charge in [-0.25, -0.2) is 0 Å². The van der Waals surface area contributed by atoms with Crippen molar-refractivity contribution in [2.75, 3.05) is 17.2 Å². The van der Waals surface area contributed by atoms with Gasteiger partial charge < -0.3 is 15.7 Å². The van der Waals surface area contributed by atoms with Crippen LogP contribution in [-0.4, -0.2) is 11.7 Å². The molecule has 0 saturated heterocycles. The number of nitrogens with two attached hydrogens (primary N) is 1. The predicted octanol–water partition coefficient (Wildman–Crippen LogP) is 3.28. The summed E-state index contributed by atoms with van der Waals surface area (Å²) in [4.78, 5) is 2.00. The van der Waals surface area contributed by atoms with Gasteiger partial charge in [-0.3, -0.25) is 0 Å². The van der Waals surface area contributed by atoms with Crippen molar-refractivity contribution in [2.45, 2.75) is 19.3 Å². The third-order valence-corrected chi connectivity index (χ3v) is 4.00. The van der Waals surface area contributed by atoms with Crippen LogP contribution in [0.5, 0.6) is 5.75 Å².